The van der Waals surface area contributed by atoms with Crippen molar-refractivity contribution in [2.24, 2.45) is 0 Å². The van der Waals surface area contributed by atoms with E-state index in [4.69, 9.17) is 0 Å². The zero-order valence-electron chi connectivity index (χ0n) is 8.88. The molecule has 0 aliphatic heterocycles. The molecule has 0 spiro atoms. The van der Waals surface area contributed by atoms with Crippen LogP contribution in [0.5, 0.6) is 0 Å². The normalized spacial score (nSPS) is 11.1. The molecule has 0 amide bonds. The molecular weight excluding hydrogens is 202 g/mol. The molecule has 3 heterocycles. The molecule has 0 aliphatic rings. The Balaban J connectivity index is 1.98. The van der Waals surface area contributed by atoms with Gasteiger partial charge < -0.3 is 4.40 Å². The van der Waals surface area contributed by atoms with E-state index in [2.05, 4.69) is 32.3 Å². The topological polar surface area (TPSA) is 58.9 Å². The first-order valence-electron chi connectivity index (χ1n) is 5.10. The lowest BCUT2D eigenvalue weighted by Gasteiger charge is -1.98. The van der Waals surface area contributed by atoms with Gasteiger partial charge in [0.25, 0.3) is 0 Å². The number of aromatic nitrogens is 5. The number of imidazole rings is 1. The van der Waals surface area contributed by atoms with Crippen molar-refractivity contribution >= 4 is 5.65 Å². The van der Waals surface area contributed by atoms with Gasteiger partial charge >= 0.3 is 0 Å². The molecule has 16 heavy (non-hydrogen) atoms. The molecule has 5 nitrogen and oxygen atoms in total. The minimum Gasteiger partial charge on any atom is -0.307 e. The van der Waals surface area contributed by atoms with Crippen LogP contribution in [0.15, 0.2) is 30.9 Å². The van der Waals surface area contributed by atoms with Gasteiger partial charge in [0.1, 0.15) is 17.8 Å². The van der Waals surface area contributed by atoms with Crippen LogP contribution in [0.3, 0.4) is 0 Å². The van der Waals surface area contributed by atoms with E-state index in [0.29, 0.717) is 0 Å². The highest BCUT2D eigenvalue weighted by atomic mass is 15.2. The van der Waals surface area contributed by atoms with Gasteiger partial charge in [-0.15, -0.1) is 0 Å². The van der Waals surface area contributed by atoms with Gasteiger partial charge in [0, 0.05) is 18.8 Å². The lowest BCUT2D eigenvalue weighted by atomic mass is 10.2. The summed E-state index contributed by atoms with van der Waals surface area (Å²) in [6, 6.07) is 4.13. The summed E-state index contributed by atoms with van der Waals surface area (Å²) >= 11 is 0. The molecule has 0 saturated heterocycles. The number of aromatic amines is 1. The van der Waals surface area contributed by atoms with Crippen molar-refractivity contribution in [1.82, 2.24) is 24.6 Å². The first-order valence-corrected chi connectivity index (χ1v) is 5.10. The van der Waals surface area contributed by atoms with Crippen LogP contribution in [0.4, 0.5) is 0 Å². The Labute approximate surface area is 92.2 Å². The van der Waals surface area contributed by atoms with Crippen molar-refractivity contribution < 1.29 is 0 Å². The minimum absolute atomic E-state index is 0.752. The molecule has 0 fully saturated rings. The maximum Gasteiger partial charge on any atom is 0.137 e. The fourth-order valence-corrected chi connectivity index (χ4v) is 1.77. The third kappa shape index (κ3) is 1.56. The Kier molecular flexibility index (Phi) is 1.96. The van der Waals surface area contributed by atoms with Gasteiger partial charge in [-0.3, -0.25) is 5.10 Å². The van der Waals surface area contributed by atoms with Crippen molar-refractivity contribution in [3.63, 3.8) is 0 Å². The van der Waals surface area contributed by atoms with E-state index < -0.39 is 0 Å². The standard InChI is InChI=1S/C11H11N5/c1-8-6-16-3-2-9(5-11(16)14-8)4-10-12-7-13-15-10/h2-3,5-7H,4H2,1H3,(H,12,13,15). The maximum absolute atomic E-state index is 4.42. The smallest absolute Gasteiger partial charge is 0.137 e. The maximum atomic E-state index is 4.42. The molecule has 1 N–H and O–H groups in total. The highest BCUT2D eigenvalue weighted by Crippen LogP contribution is 2.10. The van der Waals surface area contributed by atoms with Crippen molar-refractivity contribution in [2.75, 3.05) is 0 Å². The van der Waals surface area contributed by atoms with E-state index in [9.17, 15) is 0 Å². The van der Waals surface area contributed by atoms with E-state index in [-0.39, 0.29) is 0 Å². The summed E-state index contributed by atoms with van der Waals surface area (Å²) in [5.41, 5.74) is 3.17. The molecule has 0 saturated carbocycles. The molecule has 3 aromatic heterocycles. The molecule has 3 aromatic rings. The van der Waals surface area contributed by atoms with Crippen LogP contribution in [-0.4, -0.2) is 24.6 Å². The van der Waals surface area contributed by atoms with Gasteiger partial charge in [-0.1, -0.05) is 0 Å². The van der Waals surface area contributed by atoms with Gasteiger partial charge in [0.15, 0.2) is 0 Å². The molecule has 0 atom stereocenters. The molecule has 0 radical (unpaired) electrons. The summed E-state index contributed by atoms with van der Waals surface area (Å²) in [6.07, 6.45) is 6.30. The van der Waals surface area contributed by atoms with Crippen LogP contribution in [0.25, 0.3) is 5.65 Å². The predicted octanol–water partition coefficient (Wildman–Crippen LogP) is 1.35. The summed E-state index contributed by atoms with van der Waals surface area (Å²) in [6.45, 7) is 1.99. The van der Waals surface area contributed by atoms with E-state index >= 15 is 0 Å². The van der Waals surface area contributed by atoms with Gasteiger partial charge in [0.05, 0.1) is 5.69 Å². The van der Waals surface area contributed by atoms with Crippen molar-refractivity contribution in [1.29, 1.82) is 0 Å². The average Bonchev–Trinajstić information content (AvgIpc) is 2.85. The Morgan fingerprint density at radius 2 is 2.38 bits per heavy atom. The average molecular weight is 213 g/mol. The van der Waals surface area contributed by atoms with Crippen molar-refractivity contribution in [3.8, 4) is 0 Å². The zero-order valence-corrected chi connectivity index (χ0v) is 8.88. The SMILES string of the molecule is Cc1cn2ccc(Cc3ncn[nH]3)cc2n1. The molecule has 3 rings (SSSR count). The third-order valence-corrected chi connectivity index (χ3v) is 2.48. The third-order valence-electron chi connectivity index (χ3n) is 2.48. The first-order chi connectivity index (χ1) is 7.81. The number of hydrogen-bond acceptors (Lipinski definition) is 3. The molecular formula is C11H11N5. The van der Waals surface area contributed by atoms with E-state index in [0.717, 1.165) is 23.6 Å². The van der Waals surface area contributed by atoms with Gasteiger partial charge in [0.2, 0.25) is 0 Å². The number of fused-ring (bicyclic) bond motifs is 1. The highest BCUT2D eigenvalue weighted by Gasteiger charge is 2.02. The molecule has 5 heteroatoms. The monoisotopic (exact) mass is 213 g/mol. The summed E-state index contributed by atoms with van der Waals surface area (Å²) in [7, 11) is 0. The summed E-state index contributed by atoms with van der Waals surface area (Å²) < 4.78 is 2.01. The second-order valence-electron chi connectivity index (χ2n) is 3.79. The lowest BCUT2D eigenvalue weighted by Crippen LogP contribution is -1.92. The fraction of sp³-hybridized carbons (Fsp3) is 0.182. The van der Waals surface area contributed by atoms with Crippen LogP contribution in [0.2, 0.25) is 0 Å². The van der Waals surface area contributed by atoms with E-state index in [1.807, 2.05) is 23.7 Å². The van der Waals surface area contributed by atoms with Crippen LogP contribution < -0.4 is 0 Å². The van der Waals surface area contributed by atoms with E-state index in [1.54, 1.807) is 0 Å². The number of aryl methyl sites for hydroxylation is 1. The van der Waals surface area contributed by atoms with Crippen LogP contribution in [0, 0.1) is 6.92 Å². The van der Waals surface area contributed by atoms with Crippen LogP contribution >= 0.6 is 0 Å². The second-order valence-corrected chi connectivity index (χ2v) is 3.79. The Morgan fingerprint density at radius 1 is 1.44 bits per heavy atom. The van der Waals surface area contributed by atoms with E-state index in [1.165, 1.54) is 11.9 Å². The van der Waals surface area contributed by atoms with Crippen molar-refractivity contribution in [3.05, 3.63) is 47.9 Å². The first kappa shape index (κ1) is 9.08. The Bertz CT molecular complexity index is 608. The largest absolute Gasteiger partial charge is 0.307 e. The number of nitrogens with one attached hydrogen (secondary N) is 1. The quantitative estimate of drug-likeness (QED) is 0.699. The fourth-order valence-electron chi connectivity index (χ4n) is 1.77. The molecule has 0 unspecified atom stereocenters. The number of rotatable bonds is 2. The summed E-state index contributed by atoms with van der Waals surface area (Å²) in [5, 5.41) is 6.68. The second kappa shape index (κ2) is 3.44. The zero-order chi connectivity index (χ0) is 11.0. The molecule has 0 aromatic carbocycles. The lowest BCUT2D eigenvalue weighted by molar-refractivity contribution is 0.968. The summed E-state index contributed by atoms with van der Waals surface area (Å²) in [5.74, 6) is 0.868. The minimum atomic E-state index is 0.752. The number of pyridine rings is 1. The number of nitrogens with zero attached hydrogens (tertiary/aromatic N) is 4. The summed E-state index contributed by atoms with van der Waals surface area (Å²) in [4.78, 5) is 8.52. The highest BCUT2D eigenvalue weighted by molar-refractivity contribution is 5.43. The molecule has 80 valence electrons. The van der Waals surface area contributed by atoms with Crippen LogP contribution in [0.1, 0.15) is 17.1 Å². The van der Waals surface area contributed by atoms with Crippen LogP contribution in [-0.2, 0) is 6.42 Å². The molecule has 0 bridgehead atoms. The van der Waals surface area contributed by atoms with Gasteiger partial charge in [-0.25, -0.2) is 9.97 Å². The molecule has 0 aliphatic carbocycles. The predicted molar refractivity (Wildman–Crippen MR) is 59.1 cm³/mol. The Hall–Kier alpha value is -2.17. The van der Waals surface area contributed by atoms with Gasteiger partial charge in [-0.05, 0) is 24.6 Å². The van der Waals surface area contributed by atoms with Crippen molar-refractivity contribution in [2.45, 2.75) is 13.3 Å². The Morgan fingerprint density at radius 3 is 3.19 bits per heavy atom. The number of H-pyrrole nitrogens is 1. The van der Waals surface area contributed by atoms with Gasteiger partial charge in [-0.2, -0.15) is 5.10 Å². The number of hydrogen-bond donors (Lipinski definition) is 1.